The topological polar surface area (TPSA) is 66.5 Å². The summed E-state index contributed by atoms with van der Waals surface area (Å²) >= 11 is 11.7. The molecule has 0 spiro atoms. The zero-order chi connectivity index (χ0) is 22.0. The predicted octanol–water partition coefficient (Wildman–Crippen LogP) is 5.20. The molecule has 0 aromatic heterocycles. The molecule has 2 aromatic rings. The Hall–Kier alpha value is -1.97. The van der Waals surface area contributed by atoms with E-state index in [9.17, 15) is 26.4 Å². The SMILES string of the molecule is CC[C@@H](C(=O)Nc1cc(C(F)(F)F)ccc1Cl)N(c1ccc(Cl)cc1)S(C)(=O)=O. The van der Waals surface area contributed by atoms with Gasteiger partial charge in [0.1, 0.15) is 6.04 Å². The quantitative estimate of drug-likeness (QED) is 0.633. The molecule has 0 saturated carbocycles. The van der Waals surface area contributed by atoms with Gasteiger partial charge in [0.05, 0.1) is 28.2 Å². The van der Waals surface area contributed by atoms with Gasteiger partial charge >= 0.3 is 6.18 Å². The number of nitrogens with one attached hydrogen (secondary N) is 1. The van der Waals surface area contributed by atoms with E-state index in [0.717, 1.165) is 22.7 Å². The number of amides is 1. The number of carbonyl (C=O) groups is 1. The molecule has 0 radical (unpaired) electrons. The highest BCUT2D eigenvalue weighted by molar-refractivity contribution is 7.92. The second-order valence-electron chi connectivity index (χ2n) is 6.14. The minimum Gasteiger partial charge on any atom is -0.323 e. The van der Waals surface area contributed by atoms with Gasteiger partial charge < -0.3 is 5.32 Å². The van der Waals surface area contributed by atoms with Crippen LogP contribution in [0.25, 0.3) is 0 Å². The molecule has 5 nitrogen and oxygen atoms in total. The van der Waals surface area contributed by atoms with E-state index in [1.165, 1.54) is 24.3 Å². The van der Waals surface area contributed by atoms with Gasteiger partial charge in [-0.1, -0.05) is 30.1 Å². The number of anilines is 2. The Morgan fingerprint density at radius 2 is 1.72 bits per heavy atom. The largest absolute Gasteiger partial charge is 0.416 e. The molecule has 0 saturated heterocycles. The fourth-order valence-electron chi connectivity index (χ4n) is 2.66. The van der Waals surface area contributed by atoms with Gasteiger partial charge in [0.2, 0.25) is 15.9 Å². The van der Waals surface area contributed by atoms with Gasteiger partial charge in [0, 0.05) is 5.02 Å². The Labute approximate surface area is 176 Å². The number of hydrogen-bond acceptors (Lipinski definition) is 3. The Morgan fingerprint density at radius 3 is 2.21 bits per heavy atom. The summed E-state index contributed by atoms with van der Waals surface area (Å²) < 4.78 is 64.5. The first kappa shape index (κ1) is 23.3. The van der Waals surface area contributed by atoms with Gasteiger partial charge in [-0.15, -0.1) is 0 Å². The van der Waals surface area contributed by atoms with E-state index < -0.39 is 33.7 Å². The third-order valence-electron chi connectivity index (χ3n) is 3.96. The summed E-state index contributed by atoms with van der Waals surface area (Å²) in [6.45, 7) is 1.58. The maximum atomic E-state index is 12.9. The lowest BCUT2D eigenvalue weighted by Gasteiger charge is -2.30. The lowest BCUT2D eigenvalue weighted by atomic mass is 10.1. The van der Waals surface area contributed by atoms with E-state index >= 15 is 0 Å². The number of alkyl halides is 3. The summed E-state index contributed by atoms with van der Waals surface area (Å²) in [6, 6.07) is 7.04. The molecule has 0 heterocycles. The van der Waals surface area contributed by atoms with Crippen LogP contribution in [0.1, 0.15) is 18.9 Å². The number of nitrogens with zero attached hydrogens (tertiary/aromatic N) is 1. The van der Waals surface area contributed by atoms with Gasteiger partial charge in [-0.05, 0) is 48.9 Å². The number of sulfonamides is 1. The van der Waals surface area contributed by atoms with Crippen LogP contribution in [-0.2, 0) is 21.0 Å². The van der Waals surface area contributed by atoms with Crippen LogP contribution in [0.5, 0.6) is 0 Å². The molecule has 11 heteroatoms. The van der Waals surface area contributed by atoms with Crippen LogP contribution < -0.4 is 9.62 Å². The average molecular weight is 469 g/mol. The Kier molecular flexibility index (Phi) is 7.08. The van der Waals surface area contributed by atoms with Crippen LogP contribution in [-0.4, -0.2) is 26.6 Å². The minimum absolute atomic E-state index is 0.0537. The zero-order valence-electron chi connectivity index (χ0n) is 15.3. The maximum Gasteiger partial charge on any atom is 0.416 e. The third kappa shape index (κ3) is 5.77. The summed E-state index contributed by atoms with van der Waals surface area (Å²) in [5, 5.41) is 2.56. The standard InChI is InChI=1S/C18H17Cl2F3N2O3S/c1-3-16(25(29(2,27)28)13-7-5-12(19)6-8-13)17(26)24-15-10-11(18(21,22)23)4-9-14(15)20/h4-10,16H,3H2,1-2H3,(H,24,26)/t16-/m0/s1. The lowest BCUT2D eigenvalue weighted by Crippen LogP contribution is -2.47. The zero-order valence-corrected chi connectivity index (χ0v) is 17.6. The molecule has 158 valence electrons. The van der Waals surface area contributed by atoms with Gasteiger partial charge in [0.15, 0.2) is 0 Å². The van der Waals surface area contributed by atoms with Gasteiger partial charge in [-0.2, -0.15) is 13.2 Å². The van der Waals surface area contributed by atoms with E-state index in [0.29, 0.717) is 11.1 Å². The van der Waals surface area contributed by atoms with E-state index in [1.54, 1.807) is 6.92 Å². The second kappa shape index (κ2) is 8.81. The van der Waals surface area contributed by atoms with Crippen LogP contribution in [0.2, 0.25) is 10.0 Å². The van der Waals surface area contributed by atoms with Crippen molar-refractivity contribution in [1.29, 1.82) is 0 Å². The molecule has 1 N–H and O–H groups in total. The van der Waals surface area contributed by atoms with Crippen molar-refractivity contribution in [2.45, 2.75) is 25.6 Å². The van der Waals surface area contributed by atoms with Crippen molar-refractivity contribution in [2.75, 3.05) is 15.9 Å². The van der Waals surface area contributed by atoms with Gasteiger partial charge in [0.25, 0.3) is 0 Å². The molecule has 0 fully saturated rings. The van der Waals surface area contributed by atoms with Crippen molar-refractivity contribution >= 4 is 50.5 Å². The molecule has 2 aromatic carbocycles. The summed E-state index contributed by atoms with van der Waals surface area (Å²) in [7, 11) is -3.90. The van der Waals surface area contributed by atoms with Crippen molar-refractivity contribution in [1.82, 2.24) is 0 Å². The smallest absolute Gasteiger partial charge is 0.323 e. The van der Waals surface area contributed by atoms with Gasteiger partial charge in [-0.25, -0.2) is 8.42 Å². The monoisotopic (exact) mass is 468 g/mol. The van der Waals surface area contributed by atoms with Crippen LogP contribution in [0.4, 0.5) is 24.5 Å². The van der Waals surface area contributed by atoms with Crippen molar-refractivity contribution < 1.29 is 26.4 Å². The number of rotatable bonds is 6. The van der Waals surface area contributed by atoms with Crippen molar-refractivity contribution in [3.8, 4) is 0 Å². The Bertz CT molecular complexity index is 996. The molecule has 0 aliphatic rings. The molecule has 0 unspecified atom stereocenters. The lowest BCUT2D eigenvalue weighted by molar-refractivity contribution is -0.137. The number of benzene rings is 2. The highest BCUT2D eigenvalue weighted by atomic mass is 35.5. The molecule has 0 bridgehead atoms. The summed E-state index contributed by atoms with van der Waals surface area (Å²) in [5.74, 6) is -0.825. The van der Waals surface area contributed by atoms with E-state index in [2.05, 4.69) is 5.32 Å². The van der Waals surface area contributed by atoms with Crippen LogP contribution >= 0.6 is 23.2 Å². The molecular formula is C18H17Cl2F3N2O3S. The number of halogens is 5. The highest BCUT2D eigenvalue weighted by Crippen LogP contribution is 2.34. The number of hydrogen-bond donors (Lipinski definition) is 1. The maximum absolute atomic E-state index is 12.9. The Morgan fingerprint density at radius 1 is 1.14 bits per heavy atom. The molecule has 0 aliphatic carbocycles. The molecule has 2 rings (SSSR count). The molecular weight excluding hydrogens is 452 g/mol. The second-order valence-corrected chi connectivity index (χ2v) is 8.84. The van der Waals surface area contributed by atoms with Crippen LogP contribution in [0.15, 0.2) is 42.5 Å². The average Bonchev–Trinajstić information content (AvgIpc) is 2.60. The molecule has 0 aliphatic heterocycles. The summed E-state index contributed by atoms with van der Waals surface area (Å²) in [4.78, 5) is 12.8. The van der Waals surface area contributed by atoms with Crippen LogP contribution in [0.3, 0.4) is 0 Å². The number of carbonyl (C=O) groups excluding carboxylic acids is 1. The van der Waals surface area contributed by atoms with E-state index in [1.807, 2.05) is 0 Å². The van der Waals surface area contributed by atoms with Gasteiger partial charge in [-0.3, -0.25) is 9.10 Å². The predicted molar refractivity (Wildman–Crippen MR) is 108 cm³/mol. The van der Waals surface area contributed by atoms with Crippen molar-refractivity contribution in [2.24, 2.45) is 0 Å². The summed E-state index contributed by atoms with van der Waals surface area (Å²) in [6.07, 6.45) is -3.65. The third-order valence-corrected chi connectivity index (χ3v) is 5.72. The fourth-order valence-corrected chi connectivity index (χ4v) is 4.16. The first-order valence-electron chi connectivity index (χ1n) is 8.27. The molecule has 1 amide bonds. The summed E-state index contributed by atoms with van der Waals surface area (Å²) in [5.41, 5.74) is -1.08. The highest BCUT2D eigenvalue weighted by Gasteiger charge is 2.33. The minimum atomic E-state index is -4.63. The fraction of sp³-hybridized carbons (Fsp3) is 0.278. The first-order chi connectivity index (χ1) is 13.3. The Balaban J connectivity index is 2.42. The van der Waals surface area contributed by atoms with E-state index in [-0.39, 0.29) is 22.8 Å². The molecule has 1 atom stereocenters. The normalized spacial score (nSPS) is 13.1. The molecule has 29 heavy (non-hydrogen) atoms. The van der Waals surface area contributed by atoms with E-state index in [4.69, 9.17) is 23.2 Å². The van der Waals surface area contributed by atoms with Crippen molar-refractivity contribution in [3.05, 3.63) is 58.1 Å². The first-order valence-corrected chi connectivity index (χ1v) is 10.9. The van der Waals surface area contributed by atoms with Crippen molar-refractivity contribution in [3.63, 3.8) is 0 Å². The van der Waals surface area contributed by atoms with Crippen LogP contribution in [0, 0.1) is 0 Å².